The molecule has 2 unspecified atom stereocenters. The van der Waals surface area contributed by atoms with Crippen LogP contribution in [-0.2, 0) is 4.74 Å². The SMILES string of the molecule is CCN(CC1CCCO1)C(CN)c1occc1Br. The van der Waals surface area contributed by atoms with Crippen LogP contribution in [0.15, 0.2) is 21.2 Å². The summed E-state index contributed by atoms with van der Waals surface area (Å²) in [7, 11) is 0. The van der Waals surface area contributed by atoms with E-state index in [1.165, 1.54) is 6.42 Å². The molecule has 0 aromatic carbocycles. The summed E-state index contributed by atoms with van der Waals surface area (Å²) in [6.45, 7) is 5.45. The van der Waals surface area contributed by atoms with Crippen molar-refractivity contribution in [2.45, 2.75) is 31.9 Å². The van der Waals surface area contributed by atoms with Gasteiger partial charge in [0.25, 0.3) is 0 Å². The average Bonchev–Trinajstić information content (AvgIpc) is 3.01. The zero-order chi connectivity index (χ0) is 13.0. The average molecular weight is 317 g/mol. The lowest BCUT2D eigenvalue weighted by molar-refractivity contribution is 0.0560. The zero-order valence-electron chi connectivity index (χ0n) is 10.8. The summed E-state index contributed by atoms with van der Waals surface area (Å²) in [5, 5.41) is 0. The molecule has 1 aromatic heterocycles. The van der Waals surface area contributed by atoms with Crippen molar-refractivity contribution in [1.29, 1.82) is 0 Å². The molecule has 0 aliphatic carbocycles. The molecule has 1 fully saturated rings. The fourth-order valence-corrected chi connectivity index (χ4v) is 2.96. The van der Waals surface area contributed by atoms with Crippen LogP contribution in [0.1, 0.15) is 31.6 Å². The van der Waals surface area contributed by atoms with Crippen LogP contribution in [0.25, 0.3) is 0 Å². The van der Waals surface area contributed by atoms with Crippen LogP contribution in [0.4, 0.5) is 0 Å². The van der Waals surface area contributed by atoms with Gasteiger partial charge in [0.05, 0.1) is 22.9 Å². The van der Waals surface area contributed by atoms with Crippen molar-refractivity contribution in [3.8, 4) is 0 Å². The lowest BCUT2D eigenvalue weighted by Crippen LogP contribution is -2.38. The largest absolute Gasteiger partial charge is 0.466 e. The first-order valence-corrected chi connectivity index (χ1v) is 7.34. The van der Waals surface area contributed by atoms with E-state index in [1.807, 2.05) is 6.07 Å². The minimum Gasteiger partial charge on any atom is -0.466 e. The van der Waals surface area contributed by atoms with Crippen LogP contribution in [0.3, 0.4) is 0 Å². The third kappa shape index (κ3) is 3.15. The third-order valence-electron chi connectivity index (χ3n) is 3.48. The predicted molar refractivity (Wildman–Crippen MR) is 74.4 cm³/mol. The van der Waals surface area contributed by atoms with E-state index in [4.69, 9.17) is 14.9 Å². The Hall–Kier alpha value is -0.360. The number of nitrogens with zero attached hydrogens (tertiary/aromatic N) is 1. The highest BCUT2D eigenvalue weighted by atomic mass is 79.9. The molecule has 0 amide bonds. The van der Waals surface area contributed by atoms with E-state index in [9.17, 15) is 0 Å². The zero-order valence-corrected chi connectivity index (χ0v) is 12.4. The highest BCUT2D eigenvalue weighted by Gasteiger charge is 2.26. The number of nitrogens with two attached hydrogens (primary N) is 1. The van der Waals surface area contributed by atoms with Gasteiger partial charge in [-0.2, -0.15) is 0 Å². The summed E-state index contributed by atoms with van der Waals surface area (Å²) in [6, 6.07) is 2.03. The van der Waals surface area contributed by atoms with Gasteiger partial charge in [0.2, 0.25) is 0 Å². The molecule has 2 rings (SSSR count). The highest BCUT2D eigenvalue weighted by Crippen LogP contribution is 2.29. The molecule has 2 atom stereocenters. The van der Waals surface area contributed by atoms with Gasteiger partial charge in [-0.3, -0.25) is 4.90 Å². The Bertz CT molecular complexity index is 364. The molecule has 1 aliphatic rings. The van der Waals surface area contributed by atoms with Gasteiger partial charge < -0.3 is 14.9 Å². The maximum Gasteiger partial charge on any atom is 0.136 e. The molecular weight excluding hydrogens is 296 g/mol. The number of ether oxygens (including phenoxy) is 1. The molecule has 1 aromatic rings. The van der Waals surface area contributed by atoms with Crippen molar-refractivity contribution < 1.29 is 9.15 Å². The van der Waals surface area contributed by atoms with Gasteiger partial charge in [0.1, 0.15) is 5.76 Å². The van der Waals surface area contributed by atoms with Gasteiger partial charge in [0, 0.05) is 19.7 Å². The van der Waals surface area contributed by atoms with Crippen molar-refractivity contribution in [2.24, 2.45) is 5.73 Å². The predicted octanol–water partition coefficient (Wildman–Crippen LogP) is 2.54. The number of halogens is 1. The van der Waals surface area contributed by atoms with Crippen molar-refractivity contribution in [3.05, 3.63) is 22.6 Å². The number of likely N-dealkylation sites (N-methyl/N-ethyl adjacent to an activating group) is 1. The number of hydrogen-bond acceptors (Lipinski definition) is 4. The molecule has 4 nitrogen and oxygen atoms in total. The van der Waals surface area contributed by atoms with Crippen molar-refractivity contribution in [3.63, 3.8) is 0 Å². The Morgan fingerprint density at radius 1 is 1.61 bits per heavy atom. The topological polar surface area (TPSA) is 51.6 Å². The minimum atomic E-state index is 0.114. The molecule has 2 N–H and O–H groups in total. The Balaban J connectivity index is 2.06. The summed E-state index contributed by atoms with van der Waals surface area (Å²) in [6.07, 6.45) is 4.35. The molecule has 0 bridgehead atoms. The Labute approximate surface area is 117 Å². The second-order valence-electron chi connectivity index (χ2n) is 4.61. The fourth-order valence-electron chi connectivity index (χ4n) is 2.49. The van der Waals surface area contributed by atoms with E-state index in [2.05, 4.69) is 27.8 Å². The summed E-state index contributed by atoms with van der Waals surface area (Å²) in [5.74, 6) is 0.914. The molecular formula is C13H21BrN2O2. The van der Waals surface area contributed by atoms with Crippen molar-refractivity contribution in [2.75, 3.05) is 26.2 Å². The van der Waals surface area contributed by atoms with Crippen molar-refractivity contribution >= 4 is 15.9 Å². The third-order valence-corrected chi connectivity index (χ3v) is 4.13. The molecule has 0 radical (unpaired) electrons. The second kappa shape index (κ2) is 6.70. The molecule has 2 heterocycles. The lowest BCUT2D eigenvalue weighted by atomic mass is 10.1. The summed E-state index contributed by atoms with van der Waals surface area (Å²) < 4.78 is 12.2. The quantitative estimate of drug-likeness (QED) is 0.876. The Kier molecular flexibility index (Phi) is 5.24. The number of hydrogen-bond donors (Lipinski definition) is 1. The van der Waals surface area contributed by atoms with E-state index in [0.29, 0.717) is 12.6 Å². The van der Waals surface area contributed by atoms with Gasteiger partial charge in [-0.25, -0.2) is 0 Å². The Morgan fingerprint density at radius 2 is 2.44 bits per heavy atom. The standard InChI is InChI=1S/C13H21BrN2O2/c1-2-16(9-10-4-3-6-17-10)12(8-15)13-11(14)5-7-18-13/h5,7,10,12H,2-4,6,8-9,15H2,1H3. The maximum absolute atomic E-state index is 5.92. The van der Waals surface area contributed by atoms with E-state index in [-0.39, 0.29) is 6.04 Å². The molecule has 1 aliphatic heterocycles. The smallest absolute Gasteiger partial charge is 0.136 e. The monoisotopic (exact) mass is 316 g/mol. The first kappa shape index (κ1) is 14.1. The molecule has 102 valence electrons. The maximum atomic E-state index is 5.92. The van der Waals surface area contributed by atoms with E-state index in [0.717, 1.165) is 36.4 Å². The van der Waals surface area contributed by atoms with Crippen LogP contribution >= 0.6 is 15.9 Å². The van der Waals surface area contributed by atoms with E-state index >= 15 is 0 Å². The highest BCUT2D eigenvalue weighted by molar-refractivity contribution is 9.10. The van der Waals surface area contributed by atoms with Crippen molar-refractivity contribution in [1.82, 2.24) is 4.90 Å². The van der Waals surface area contributed by atoms with Crippen LogP contribution in [-0.4, -0.2) is 37.2 Å². The molecule has 1 saturated heterocycles. The van der Waals surface area contributed by atoms with Crippen LogP contribution < -0.4 is 5.73 Å². The van der Waals surface area contributed by atoms with Crippen LogP contribution in [0, 0.1) is 0 Å². The van der Waals surface area contributed by atoms with Crippen LogP contribution in [0.5, 0.6) is 0 Å². The first-order valence-electron chi connectivity index (χ1n) is 6.54. The molecule has 0 spiro atoms. The molecule has 5 heteroatoms. The summed E-state index contributed by atoms with van der Waals surface area (Å²) in [5.41, 5.74) is 5.92. The number of furan rings is 1. The van der Waals surface area contributed by atoms with E-state index < -0.39 is 0 Å². The number of rotatable bonds is 6. The lowest BCUT2D eigenvalue weighted by Gasteiger charge is -2.30. The van der Waals surface area contributed by atoms with Gasteiger partial charge >= 0.3 is 0 Å². The fraction of sp³-hybridized carbons (Fsp3) is 0.692. The van der Waals surface area contributed by atoms with Gasteiger partial charge in [-0.1, -0.05) is 6.92 Å². The summed E-state index contributed by atoms with van der Waals surface area (Å²) in [4.78, 5) is 2.33. The van der Waals surface area contributed by atoms with Crippen LogP contribution in [0.2, 0.25) is 0 Å². The Morgan fingerprint density at radius 3 is 2.94 bits per heavy atom. The van der Waals surface area contributed by atoms with Gasteiger partial charge in [-0.05, 0) is 41.4 Å². The first-order chi connectivity index (χ1) is 8.76. The van der Waals surface area contributed by atoms with Gasteiger partial charge in [0.15, 0.2) is 0 Å². The molecule has 0 saturated carbocycles. The van der Waals surface area contributed by atoms with E-state index in [1.54, 1.807) is 6.26 Å². The van der Waals surface area contributed by atoms with Gasteiger partial charge in [-0.15, -0.1) is 0 Å². The summed E-state index contributed by atoms with van der Waals surface area (Å²) >= 11 is 3.51. The normalized spacial score (nSPS) is 21.7. The second-order valence-corrected chi connectivity index (χ2v) is 5.46. The minimum absolute atomic E-state index is 0.114. The molecule has 18 heavy (non-hydrogen) atoms.